The summed E-state index contributed by atoms with van der Waals surface area (Å²) in [5.74, 6) is 1.54. The minimum absolute atomic E-state index is 0.327. The smallest absolute Gasteiger partial charge is 0.252 e. The van der Waals surface area contributed by atoms with Gasteiger partial charge in [0.05, 0.1) is 6.20 Å². The van der Waals surface area contributed by atoms with Gasteiger partial charge in [-0.1, -0.05) is 36.4 Å². The van der Waals surface area contributed by atoms with Crippen molar-refractivity contribution in [2.75, 3.05) is 9.80 Å². The van der Waals surface area contributed by atoms with E-state index in [1.807, 2.05) is 0 Å². The summed E-state index contributed by atoms with van der Waals surface area (Å²) in [5.41, 5.74) is 5.11. The number of hydrogen-bond donors (Lipinski definition) is 0. The van der Waals surface area contributed by atoms with E-state index in [0.29, 0.717) is 18.0 Å². The van der Waals surface area contributed by atoms with Crippen LogP contribution in [0.2, 0.25) is 0 Å². The van der Waals surface area contributed by atoms with Gasteiger partial charge in [-0.3, -0.25) is 0 Å². The van der Waals surface area contributed by atoms with E-state index in [2.05, 4.69) is 82.4 Å². The molecule has 3 heterocycles. The molecule has 2 aliphatic heterocycles. The number of rotatable bonds is 2. The van der Waals surface area contributed by atoms with E-state index in [-0.39, 0.29) is 0 Å². The highest BCUT2D eigenvalue weighted by Gasteiger charge is 2.31. The Kier molecular flexibility index (Phi) is 3.42. The molecule has 2 aromatic carbocycles. The Labute approximate surface area is 153 Å². The fraction of sp³-hybridized carbons (Fsp3) is 0.286. The summed E-state index contributed by atoms with van der Waals surface area (Å²) in [4.78, 5) is 9.40. The molecule has 0 N–H and O–H groups in total. The Balaban J connectivity index is 1.57. The summed E-state index contributed by atoms with van der Waals surface area (Å²) in [6.45, 7) is 4.44. The highest BCUT2D eigenvalue weighted by Crippen LogP contribution is 2.39. The van der Waals surface area contributed by atoms with Gasteiger partial charge in [-0.15, -0.1) is 5.10 Å². The van der Waals surface area contributed by atoms with Gasteiger partial charge in [0.25, 0.3) is 5.95 Å². The average molecular weight is 343 g/mol. The summed E-state index contributed by atoms with van der Waals surface area (Å²) < 4.78 is 0. The number of anilines is 4. The lowest BCUT2D eigenvalue weighted by Crippen LogP contribution is -2.29. The second kappa shape index (κ2) is 5.80. The highest BCUT2D eigenvalue weighted by atomic mass is 15.4. The summed E-state index contributed by atoms with van der Waals surface area (Å²) in [5, 5.41) is 8.65. The molecule has 2 aliphatic rings. The van der Waals surface area contributed by atoms with Crippen LogP contribution >= 0.6 is 0 Å². The highest BCUT2D eigenvalue weighted by molar-refractivity contribution is 5.71. The molecule has 0 spiro atoms. The molecule has 0 fully saturated rings. The molecule has 0 radical (unpaired) electrons. The molecule has 0 saturated carbocycles. The van der Waals surface area contributed by atoms with Crippen molar-refractivity contribution in [1.29, 1.82) is 0 Å². The maximum Gasteiger partial charge on any atom is 0.252 e. The van der Waals surface area contributed by atoms with Crippen molar-refractivity contribution in [2.45, 2.75) is 38.8 Å². The van der Waals surface area contributed by atoms with Crippen LogP contribution in [0.25, 0.3) is 0 Å². The minimum Gasteiger partial charge on any atom is -0.322 e. The molecular weight excluding hydrogens is 322 g/mol. The second-order valence-corrected chi connectivity index (χ2v) is 7.22. The zero-order chi connectivity index (χ0) is 17.7. The maximum atomic E-state index is 4.91. The Hall–Kier alpha value is -2.95. The summed E-state index contributed by atoms with van der Waals surface area (Å²) in [6, 6.07) is 17.7. The first kappa shape index (κ1) is 15.3. The second-order valence-electron chi connectivity index (χ2n) is 7.22. The lowest BCUT2D eigenvalue weighted by molar-refractivity contribution is 0.715. The summed E-state index contributed by atoms with van der Waals surface area (Å²) >= 11 is 0. The van der Waals surface area contributed by atoms with Crippen LogP contribution in [0.4, 0.5) is 23.1 Å². The van der Waals surface area contributed by atoms with Crippen LogP contribution in [0.5, 0.6) is 0 Å². The molecule has 0 saturated heterocycles. The minimum atomic E-state index is 0.327. The van der Waals surface area contributed by atoms with Crippen molar-refractivity contribution in [3.63, 3.8) is 0 Å². The Morgan fingerprint density at radius 2 is 1.38 bits per heavy atom. The molecule has 1 aromatic heterocycles. The first-order chi connectivity index (χ1) is 12.7. The van der Waals surface area contributed by atoms with Crippen LogP contribution in [0, 0.1) is 0 Å². The average Bonchev–Trinajstić information content (AvgIpc) is 3.17. The van der Waals surface area contributed by atoms with Gasteiger partial charge in [0.2, 0.25) is 0 Å². The van der Waals surface area contributed by atoms with E-state index in [0.717, 1.165) is 18.7 Å². The number of nitrogens with zero attached hydrogens (tertiary/aromatic N) is 5. The monoisotopic (exact) mass is 343 g/mol. The van der Waals surface area contributed by atoms with Crippen molar-refractivity contribution in [2.24, 2.45) is 0 Å². The molecule has 5 heteroatoms. The van der Waals surface area contributed by atoms with E-state index in [4.69, 9.17) is 4.98 Å². The number of benzene rings is 2. The van der Waals surface area contributed by atoms with Gasteiger partial charge >= 0.3 is 0 Å². The lowest BCUT2D eigenvalue weighted by Gasteiger charge is -2.26. The molecule has 2 atom stereocenters. The van der Waals surface area contributed by atoms with Crippen LogP contribution in [-0.2, 0) is 12.8 Å². The molecule has 2 unspecified atom stereocenters. The molecule has 130 valence electrons. The van der Waals surface area contributed by atoms with Crippen LogP contribution in [0.15, 0.2) is 54.7 Å². The van der Waals surface area contributed by atoms with Crippen LogP contribution in [0.1, 0.15) is 25.0 Å². The molecule has 5 nitrogen and oxygen atoms in total. The van der Waals surface area contributed by atoms with Crippen LogP contribution in [0.3, 0.4) is 0 Å². The van der Waals surface area contributed by atoms with Crippen LogP contribution < -0.4 is 9.80 Å². The predicted molar refractivity (Wildman–Crippen MR) is 103 cm³/mol. The predicted octanol–water partition coefficient (Wildman–Crippen LogP) is 4.04. The van der Waals surface area contributed by atoms with Crippen molar-refractivity contribution in [3.8, 4) is 0 Å². The van der Waals surface area contributed by atoms with Gasteiger partial charge in [-0.05, 0) is 49.9 Å². The molecule has 0 bridgehead atoms. The van der Waals surface area contributed by atoms with Crippen molar-refractivity contribution >= 4 is 23.1 Å². The Morgan fingerprint density at radius 3 is 2.08 bits per heavy atom. The number of aromatic nitrogens is 3. The van der Waals surface area contributed by atoms with E-state index in [1.165, 1.54) is 22.5 Å². The Morgan fingerprint density at radius 1 is 0.808 bits per heavy atom. The lowest BCUT2D eigenvalue weighted by atomic mass is 10.1. The molecule has 26 heavy (non-hydrogen) atoms. The fourth-order valence-corrected chi connectivity index (χ4v) is 4.29. The SMILES string of the molecule is CC1Cc2ccccc2N1c1cnnc(N2c3ccccc3CC2C)n1. The zero-order valence-electron chi connectivity index (χ0n) is 15.0. The number of para-hydroxylation sites is 2. The molecule has 3 aromatic rings. The normalized spacial score (nSPS) is 21.0. The standard InChI is InChI=1S/C21H21N5/c1-14-11-16-7-3-5-9-18(16)25(14)20-13-22-24-21(23-20)26-15(2)12-17-8-4-6-10-19(17)26/h3-10,13-15H,11-12H2,1-2H3. The van der Waals surface area contributed by atoms with Gasteiger partial charge in [0.15, 0.2) is 5.82 Å². The quantitative estimate of drug-likeness (QED) is 0.703. The maximum absolute atomic E-state index is 4.91. The van der Waals surface area contributed by atoms with Crippen molar-refractivity contribution in [3.05, 3.63) is 65.9 Å². The zero-order valence-corrected chi connectivity index (χ0v) is 15.0. The Bertz CT molecular complexity index is 895. The van der Waals surface area contributed by atoms with Crippen molar-refractivity contribution < 1.29 is 0 Å². The van der Waals surface area contributed by atoms with Crippen LogP contribution in [-0.4, -0.2) is 27.3 Å². The van der Waals surface area contributed by atoms with Gasteiger partial charge in [-0.25, -0.2) is 0 Å². The fourth-order valence-electron chi connectivity index (χ4n) is 4.29. The summed E-state index contributed by atoms with van der Waals surface area (Å²) in [6.07, 6.45) is 3.81. The third-order valence-electron chi connectivity index (χ3n) is 5.41. The van der Waals surface area contributed by atoms with Gasteiger partial charge < -0.3 is 9.80 Å². The molecule has 0 aliphatic carbocycles. The third kappa shape index (κ3) is 2.27. The van der Waals surface area contributed by atoms with E-state index < -0.39 is 0 Å². The van der Waals surface area contributed by atoms with Gasteiger partial charge in [-0.2, -0.15) is 10.1 Å². The molecule has 5 rings (SSSR count). The summed E-state index contributed by atoms with van der Waals surface area (Å²) in [7, 11) is 0. The van der Waals surface area contributed by atoms with E-state index in [1.54, 1.807) is 6.20 Å². The first-order valence-corrected chi connectivity index (χ1v) is 9.16. The third-order valence-corrected chi connectivity index (χ3v) is 5.41. The molecule has 0 amide bonds. The number of hydrogen-bond acceptors (Lipinski definition) is 5. The van der Waals surface area contributed by atoms with Gasteiger partial charge in [0, 0.05) is 23.5 Å². The van der Waals surface area contributed by atoms with E-state index in [9.17, 15) is 0 Å². The largest absolute Gasteiger partial charge is 0.322 e. The van der Waals surface area contributed by atoms with E-state index >= 15 is 0 Å². The van der Waals surface area contributed by atoms with Gasteiger partial charge in [0.1, 0.15) is 0 Å². The van der Waals surface area contributed by atoms with Crippen molar-refractivity contribution in [1.82, 2.24) is 15.2 Å². The number of fused-ring (bicyclic) bond motifs is 2. The first-order valence-electron chi connectivity index (χ1n) is 9.16. The molecular formula is C21H21N5. The topological polar surface area (TPSA) is 45.2 Å².